The van der Waals surface area contributed by atoms with Gasteiger partial charge in [0.1, 0.15) is 0 Å². The molecule has 0 radical (unpaired) electrons. The molecule has 0 spiro atoms. The lowest BCUT2D eigenvalue weighted by Crippen LogP contribution is -2.55. The predicted octanol–water partition coefficient (Wildman–Crippen LogP) is 1.48. The van der Waals surface area contributed by atoms with Crippen LogP contribution >= 0.6 is 0 Å². The maximum atomic E-state index is 12.2. The molecule has 1 amide bonds. The van der Waals surface area contributed by atoms with E-state index < -0.39 is 11.9 Å². The summed E-state index contributed by atoms with van der Waals surface area (Å²) in [6.45, 7) is 4.74. The van der Waals surface area contributed by atoms with Crippen LogP contribution in [0.1, 0.15) is 46.0 Å². The molecule has 20 heavy (non-hydrogen) atoms. The highest BCUT2D eigenvalue weighted by molar-refractivity contribution is 5.79. The predicted molar refractivity (Wildman–Crippen MR) is 76.3 cm³/mol. The van der Waals surface area contributed by atoms with Crippen molar-refractivity contribution in [2.75, 3.05) is 13.1 Å². The van der Waals surface area contributed by atoms with Gasteiger partial charge < -0.3 is 15.3 Å². The number of hydrogen-bond acceptors (Lipinski definition) is 3. The molecule has 2 N–H and O–H groups in total. The van der Waals surface area contributed by atoms with Gasteiger partial charge >= 0.3 is 5.97 Å². The van der Waals surface area contributed by atoms with Crippen molar-refractivity contribution < 1.29 is 14.7 Å². The Balaban J connectivity index is 1.99. The summed E-state index contributed by atoms with van der Waals surface area (Å²) in [6, 6.07) is 0.624. The van der Waals surface area contributed by atoms with Crippen molar-refractivity contribution in [3.63, 3.8) is 0 Å². The number of rotatable bonds is 4. The summed E-state index contributed by atoms with van der Waals surface area (Å²) < 4.78 is 0. The number of carboxylic acid groups (broad SMARTS) is 1. The average Bonchev–Trinajstić information content (AvgIpc) is 2.90. The van der Waals surface area contributed by atoms with Crippen molar-refractivity contribution in [2.24, 2.45) is 11.8 Å². The van der Waals surface area contributed by atoms with Gasteiger partial charge in [0.2, 0.25) is 5.91 Å². The zero-order valence-corrected chi connectivity index (χ0v) is 12.5. The van der Waals surface area contributed by atoms with Crippen molar-refractivity contribution in [1.29, 1.82) is 0 Å². The Morgan fingerprint density at radius 2 is 1.80 bits per heavy atom. The van der Waals surface area contributed by atoms with E-state index in [4.69, 9.17) is 0 Å². The zero-order valence-electron chi connectivity index (χ0n) is 12.5. The number of carbonyl (C=O) groups is 2. The van der Waals surface area contributed by atoms with E-state index in [9.17, 15) is 14.7 Å². The Bertz CT molecular complexity index is 364. The van der Waals surface area contributed by atoms with Crippen LogP contribution in [0.4, 0.5) is 0 Å². The summed E-state index contributed by atoms with van der Waals surface area (Å²) in [5.41, 5.74) is 0. The SMILES string of the molecule is CC(C)C(=O)N1CC(NC2CCCC2)CC(C(=O)O)C1. The van der Waals surface area contributed by atoms with Gasteiger partial charge in [0.05, 0.1) is 5.92 Å². The molecule has 5 nitrogen and oxygen atoms in total. The van der Waals surface area contributed by atoms with E-state index in [-0.39, 0.29) is 17.9 Å². The van der Waals surface area contributed by atoms with E-state index in [2.05, 4.69) is 5.32 Å². The highest BCUT2D eigenvalue weighted by Gasteiger charge is 2.35. The molecule has 1 heterocycles. The van der Waals surface area contributed by atoms with Gasteiger partial charge in [-0.05, 0) is 19.3 Å². The number of amides is 1. The Labute approximate surface area is 120 Å². The Morgan fingerprint density at radius 3 is 2.35 bits per heavy atom. The largest absolute Gasteiger partial charge is 0.481 e. The van der Waals surface area contributed by atoms with Crippen LogP contribution in [0.2, 0.25) is 0 Å². The molecule has 2 rings (SSSR count). The first-order chi connectivity index (χ1) is 9.47. The van der Waals surface area contributed by atoms with Crippen molar-refractivity contribution in [2.45, 2.75) is 58.0 Å². The van der Waals surface area contributed by atoms with Crippen LogP contribution in [0.5, 0.6) is 0 Å². The average molecular weight is 282 g/mol. The number of piperidine rings is 1. The Morgan fingerprint density at radius 1 is 1.15 bits per heavy atom. The first-order valence-electron chi connectivity index (χ1n) is 7.75. The molecule has 2 fully saturated rings. The lowest BCUT2D eigenvalue weighted by molar-refractivity contribution is -0.147. The van der Waals surface area contributed by atoms with E-state index in [0.29, 0.717) is 25.6 Å². The second kappa shape index (κ2) is 6.57. The third kappa shape index (κ3) is 3.72. The maximum absolute atomic E-state index is 12.2. The van der Waals surface area contributed by atoms with Gasteiger partial charge in [0.25, 0.3) is 0 Å². The molecule has 0 aromatic heterocycles. The molecular weight excluding hydrogens is 256 g/mol. The summed E-state index contributed by atoms with van der Waals surface area (Å²) in [6.07, 6.45) is 5.48. The highest BCUT2D eigenvalue weighted by atomic mass is 16.4. The van der Waals surface area contributed by atoms with Crippen LogP contribution in [0.15, 0.2) is 0 Å². The van der Waals surface area contributed by atoms with Gasteiger partial charge in [-0.25, -0.2) is 0 Å². The summed E-state index contributed by atoms with van der Waals surface area (Å²) in [5, 5.41) is 12.9. The fourth-order valence-corrected chi connectivity index (χ4v) is 3.37. The minimum Gasteiger partial charge on any atom is -0.481 e. The van der Waals surface area contributed by atoms with E-state index >= 15 is 0 Å². The van der Waals surface area contributed by atoms with E-state index in [1.165, 1.54) is 25.7 Å². The fraction of sp³-hybridized carbons (Fsp3) is 0.867. The van der Waals surface area contributed by atoms with Gasteiger partial charge in [0, 0.05) is 31.1 Å². The van der Waals surface area contributed by atoms with Gasteiger partial charge in [-0.15, -0.1) is 0 Å². The molecule has 1 aliphatic carbocycles. The number of nitrogens with zero attached hydrogens (tertiary/aromatic N) is 1. The van der Waals surface area contributed by atoms with Crippen LogP contribution in [0, 0.1) is 11.8 Å². The molecule has 0 bridgehead atoms. The summed E-state index contributed by atoms with van der Waals surface area (Å²) in [7, 11) is 0. The molecule has 0 aromatic rings. The molecule has 1 saturated heterocycles. The van der Waals surface area contributed by atoms with Gasteiger partial charge in [0.15, 0.2) is 0 Å². The third-order valence-corrected chi connectivity index (χ3v) is 4.43. The van der Waals surface area contributed by atoms with Crippen LogP contribution in [0.3, 0.4) is 0 Å². The van der Waals surface area contributed by atoms with E-state index in [1.807, 2.05) is 13.8 Å². The van der Waals surface area contributed by atoms with Crippen LogP contribution in [0.25, 0.3) is 0 Å². The minimum atomic E-state index is -0.788. The number of carboxylic acids is 1. The quantitative estimate of drug-likeness (QED) is 0.819. The lowest BCUT2D eigenvalue weighted by atomic mass is 9.92. The standard InChI is InChI=1S/C15H26N2O3/c1-10(2)14(18)17-8-11(15(19)20)7-13(9-17)16-12-5-3-4-6-12/h10-13,16H,3-9H2,1-2H3,(H,19,20). The smallest absolute Gasteiger partial charge is 0.308 e. The van der Waals surface area contributed by atoms with E-state index in [1.54, 1.807) is 4.90 Å². The number of aliphatic carboxylic acids is 1. The Hall–Kier alpha value is -1.10. The molecule has 2 unspecified atom stereocenters. The number of carbonyl (C=O) groups excluding carboxylic acids is 1. The zero-order chi connectivity index (χ0) is 14.7. The van der Waals surface area contributed by atoms with Gasteiger partial charge in [-0.3, -0.25) is 9.59 Å². The monoisotopic (exact) mass is 282 g/mol. The van der Waals surface area contributed by atoms with Gasteiger partial charge in [-0.2, -0.15) is 0 Å². The van der Waals surface area contributed by atoms with Crippen molar-refractivity contribution in [3.8, 4) is 0 Å². The molecule has 1 aliphatic heterocycles. The molecule has 114 valence electrons. The fourth-order valence-electron chi connectivity index (χ4n) is 3.37. The molecule has 5 heteroatoms. The van der Waals surface area contributed by atoms with Crippen LogP contribution in [-0.4, -0.2) is 47.1 Å². The first kappa shape index (κ1) is 15.3. The van der Waals surface area contributed by atoms with Crippen molar-refractivity contribution in [3.05, 3.63) is 0 Å². The van der Waals surface area contributed by atoms with E-state index in [0.717, 1.165) is 0 Å². The topological polar surface area (TPSA) is 69.6 Å². The molecule has 0 aromatic carbocycles. The second-order valence-corrected chi connectivity index (χ2v) is 6.51. The number of hydrogen-bond donors (Lipinski definition) is 2. The molecule has 2 atom stereocenters. The second-order valence-electron chi connectivity index (χ2n) is 6.51. The van der Waals surface area contributed by atoms with Crippen LogP contribution in [-0.2, 0) is 9.59 Å². The van der Waals surface area contributed by atoms with Crippen molar-refractivity contribution >= 4 is 11.9 Å². The minimum absolute atomic E-state index is 0.0640. The van der Waals surface area contributed by atoms with Gasteiger partial charge in [-0.1, -0.05) is 26.7 Å². The molecule has 1 saturated carbocycles. The summed E-state index contributed by atoms with van der Waals surface area (Å²) >= 11 is 0. The normalized spacial score (nSPS) is 28.1. The molecular formula is C15H26N2O3. The third-order valence-electron chi connectivity index (χ3n) is 4.43. The maximum Gasteiger partial charge on any atom is 0.308 e. The van der Waals surface area contributed by atoms with Crippen molar-refractivity contribution in [1.82, 2.24) is 10.2 Å². The number of nitrogens with one attached hydrogen (secondary N) is 1. The first-order valence-corrected chi connectivity index (χ1v) is 7.75. The summed E-state index contributed by atoms with van der Waals surface area (Å²) in [5.74, 6) is -1.24. The Kier molecular flexibility index (Phi) is 5.02. The summed E-state index contributed by atoms with van der Waals surface area (Å²) in [4.78, 5) is 25.2. The number of likely N-dealkylation sites (tertiary alicyclic amines) is 1. The highest BCUT2D eigenvalue weighted by Crippen LogP contribution is 2.23. The van der Waals surface area contributed by atoms with Crippen LogP contribution < -0.4 is 5.32 Å². The molecule has 2 aliphatic rings. The lowest BCUT2D eigenvalue weighted by Gasteiger charge is -2.38.